The summed E-state index contributed by atoms with van der Waals surface area (Å²) in [5.41, 5.74) is 10.3. The molecular weight excluding hydrogens is 256 g/mol. The van der Waals surface area contributed by atoms with Gasteiger partial charge in [-0.25, -0.2) is 0 Å². The molecule has 0 aliphatic carbocycles. The third-order valence-corrected chi connectivity index (χ3v) is 3.42. The SMILES string of the molecule is CCN(Cc1cccc(C#CCN)c1)c1ccc(C)cc1. The fourth-order valence-electron chi connectivity index (χ4n) is 2.26. The lowest BCUT2D eigenvalue weighted by Crippen LogP contribution is -2.21. The predicted octanol–water partition coefficient (Wildman–Crippen LogP) is 3.33. The van der Waals surface area contributed by atoms with Gasteiger partial charge in [0.15, 0.2) is 0 Å². The Balaban J connectivity index is 2.16. The first-order chi connectivity index (χ1) is 10.2. The lowest BCUT2D eigenvalue weighted by atomic mass is 10.1. The maximum absolute atomic E-state index is 5.42. The number of anilines is 1. The van der Waals surface area contributed by atoms with Crippen LogP contribution in [0.1, 0.15) is 23.6 Å². The molecule has 0 aliphatic rings. The van der Waals surface area contributed by atoms with Crippen molar-refractivity contribution in [3.05, 3.63) is 65.2 Å². The zero-order valence-electron chi connectivity index (χ0n) is 12.8. The van der Waals surface area contributed by atoms with Crippen LogP contribution in [-0.4, -0.2) is 13.1 Å². The quantitative estimate of drug-likeness (QED) is 0.869. The Morgan fingerprint density at radius 1 is 1.10 bits per heavy atom. The average molecular weight is 278 g/mol. The van der Waals surface area contributed by atoms with Crippen molar-refractivity contribution in [1.29, 1.82) is 0 Å². The minimum absolute atomic E-state index is 0.397. The number of nitrogens with two attached hydrogens (primary N) is 1. The highest BCUT2D eigenvalue weighted by Crippen LogP contribution is 2.18. The molecule has 0 heterocycles. The van der Waals surface area contributed by atoms with E-state index in [1.54, 1.807) is 0 Å². The molecule has 108 valence electrons. The highest BCUT2D eigenvalue weighted by molar-refractivity contribution is 5.48. The van der Waals surface area contributed by atoms with E-state index >= 15 is 0 Å². The Labute approximate surface area is 127 Å². The number of nitrogens with zero attached hydrogens (tertiary/aromatic N) is 1. The molecule has 0 spiro atoms. The molecule has 0 atom stereocenters. The molecule has 0 saturated heterocycles. The molecule has 0 aromatic heterocycles. The first kappa shape index (κ1) is 15.2. The van der Waals surface area contributed by atoms with E-state index in [0.29, 0.717) is 6.54 Å². The van der Waals surface area contributed by atoms with E-state index < -0.39 is 0 Å². The summed E-state index contributed by atoms with van der Waals surface area (Å²) in [5.74, 6) is 5.99. The van der Waals surface area contributed by atoms with Crippen LogP contribution in [0.3, 0.4) is 0 Å². The van der Waals surface area contributed by atoms with Gasteiger partial charge in [-0.2, -0.15) is 0 Å². The summed E-state index contributed by atoms with van der Waals surface area (Å²) >= 11 is 0. The van der Waals surface area contributed by atoms with Gasteiger partial charge in [0, 0.05) is 24.3 Å². The third kappa shape index (κ3) is 4.37. The second-order valence-electron chi connectivity index (χ2n) is 5.06. The van der Waals surface area contributed by atoms with Gasteiger partial charge in [0.1, 0.15) is 0 Å². The summed E-state index contributed by atoms with van der Waals surface area (Å²) in [7, 11) is 0. The van der Waals surface area contributed by atoms with E-state index in [1.807, 2.05) is 6.07 Å². The second kappa shape index (κ2) is 7.52. The molecule has 2 rings (SSSR count). The lowest BCUT2D eigenvalue weighted by Gasteiger charge is -2.23. The predicted molar refractivity (Wildman–Crippen MR) is 90.3 cm³/mol. The van der Waals surface area contributed by atoms with Crippen LogP contribution in [0.25, 0.3) is 0 Å². The number of hydrogen-bond acceptors (Lipinski definition) is 2. The van der Waals surface area contributed by atoms with Gasteiger partial charge in [-0.1, -0.05) is 41.7 Å². The molecule has 2 N–H and O–H groups in total. The van der Waals surface area contributed by atoms with Gasteiger partial charge in [-0.15, -0.1) is 0 Å². The van der Waals surface area contributed by atoms with Gasteiger partial charge in [0.25, 0.3) is 0 Å². The van der Waals surface area contributed by atoms with Gasteiger partial charge < -0.3 is 10.6 Å². The highest BCUT2D eigenvalue weighted by atomic mass is 15.1. The minimum Gasteiger partial charge on any atom is -0.367 e. The lowest BCUT2D eigenvalue weighted by molar-refractivity contribution is 0.831. The number of aryl methyl sites for hydroxylation is 1. The fraction of sp³-hybridized carbons (Fsp3) is 0.263. The van der Waals surface area contributed by atoms with Crippen LogP contribution < -0.4 is 10.6 Å². The zero-order valence-corrected chi connectivity index (χ0v) is 12.8. The van der Waals surface area contributed by atoms with Crippen molar-refractivity contribution in [1.82, 2.24) is 0 Å². The van der Waals surface area contributed by atoms with Gasteiger partial charge in [0.05, 0.1) is 6.54 Å². The Hall–Kier alpha value is -2.24. The van der Waals surface area contributed by atoms with Crippen molar-refractivity contribution in [3.63, 3.8) is 0 Å². The van der Waals surface area contributed by atoms with Crippen LogP contribution in [-0.2, 0) is 6.54 Å². The molecule has 2 aromatic carbocycles. The minimum atomic E-state index is 0.397. The van der Waals surface area contributed by atoms with Crippen molar-refractivity contribution < 1.29 is 0 Å². The normalized spacial score (nSPS) is 9.86. The molecule has 0 aliphatic heterocycles. The fourth-order valence-corrected chi connectivity index (χ4v) is 2.26. The standard InChI is InChI=1S/C19H22N2/c1-3-21(19-11-9-16(2)10-12-19)15-18-7-4-6-17(14-18)8-5-13-20/h4,6-7,9-12,14H,3,13,15,20H2,1-2H3. The molecule has 0 radical (unpaired) electrons. The van der Waals surface area contributed by atoms with Crippen molar-refractivity contribution in [2.75, 3.05) is 18.0 Å². The molecule has 0 unspecified atom stereocenters. The van der Waals surface area contributed by atoms with Gasteiger partial charge in [-0.3, -0.25) is 0 Å². The number of rotatable bonds is 4. The van der Waals surface area contributed by atoms with Gasteiger partial charge >= 0.3 is 0 Å². The smallest absolute Gasteiger partial charge is 0.0555 e. The van der Waals surface area contributed by atoms with Crippen LogP contribution in [0, 0.1) is 18.8 Å². The topological polar surface area (TPSA) is 29.3 Å². The summed E-state index contributed by atoms with van der Waals surface area (Å²) in [6, 6.07) is 17.0. The first-order valence-corrected chi connectivity index (χ1v) is 7.32. The van der Waals surface area contributed by atoms with Gasteiger partial charge in [0.2, 0.25) is 0 Å². The summed E-state index contributed by atoms with van der Waals surface area (Å²) in [6.45, 7) is 6.55. The van der Waals surface area contributed by atoms with Gasteiger partial charge in [-0.05, 0) is 43.7 Å². The van der Waals surface area contributed by atoms with Crippen LogP contribution in [0.5, 0.6) is 0 Å². The Morgan fingerprint density at radius 2 is 1.86 bits per heavy atom. The molecule has 2 heteroatoms. The molecule has 2 nitrogen and oxygen atoms in total. The maximum Gasteiger partial charge on any atom is 0.0555 e. The maximum atomic E-state index is 5.42. The van der Waals surface area contributed by atoms with Crippen molar-refractivity contribution in [2.24, 2.45) is 5.73 Å². The number of hydrogen-bond donors (Lipinski definition) is 1. The van der Waals surface area contributed by atoms with Crippen molar-refractivity contribution in [2.45, 2.75) is 20.4 Å². The molecule has 0 amide bonds. The van der Waals surface area contributed by atoms with Crippen LogP contribution in [0.2, 0.25) is 0 Å². The first-order valence-electron chi connectivity index (χ1n) is 7.32. The second-order valence-corrected chi connectivity index (χ2v) is 5.06. The van der Waals surface area contributed by atoms with Crippen molar-refractivity contribution in [3.8, 4) is 11.8 Å². The zero-order chi connectivity index (χ0) is 15.1. The summed E-state index contributed by atoms with van der Waals surface area (Å²) in [5, 5.41) is 0. The molecule has 2 aromatic rings. The van der Waals surface area contributed by atoms with Crippen LogP contribution in [0.15, 0.2) is 48.5 Å². The Bertz CT molecular complexity index is 633. The van der Waals surface area contributed by atoms with E-state index in [1.165, 1.54) is 16.8 Å². The largest absolute Gasteiger partial charge is 0.367 e. The molecule has 21 heavy (non-hydrogen) atoms. The van der Waals surface area contributed by atoms with Crippen LogP contribution >= 0.6 is 0 Å². The summed E-state index contributed by atoms with van der Waals surface area (Å²) < 4.78 is 0. The molecule has 0 saturated carbocycles. The van der Waals surface area contributed by atoms with E-state index in [4.69, 9.17) is 5.73 Å². The van der Waals surface area contributed by atoms with Crippen molar-refractivity contribution >= 4 is 5.69 Å². The third-order valence-electron chi connectivity index (χ3n) is 3.42. The Morgan fingerprint density at radius 3 is 2.52 bits per heavy atom. The Kier molecular flexibility index (Phi) is 5.43. The highest BCUT2D eigenvalue weighted by Gasteiger charge is 2.05. The van der Waals surface area contributed by atoms with E-state index in [0.717, 1.165) is 18.7 Å². The summed E-state index contributed by atoms with van der Waals surface area (Å²) in [4.78, 5) is 2.36. The monoisotopic (exact) mass is 278 g/mol. The van der Waals surface area contributed by atoms with E-state index in [-0.39, 0.29) is 0 Å². The van der Waals surface area contributed by atoms with E-state index in [2.05, 4.69) is 73.1 Å². The van der Waals surface area contributed by atoms with Crippen LogP contribution in [0.4, 0.5) is 5.69 Å². The molecule has 0 fully saturated rings. The summed E-state index contributed by atoms with van der Waals surface area (Å²) in [6.07, 6.45) is 0. The molecular formula is C19H22N2. The van der Waals surface area contributed by atoms with E-state index in [9.17, 15) is 0 Å². The average Bonchev–Trinajstić information content (AvgIpc) is 2.52. The number of benzene rings is 2. The molecule has 0 bridgehead atoms.